The van der Waals surface area contributed by atoms with E-state index in [2.05, 4.69) is 10.6 Å². The number of hydrogen-bond acceptors (Lipinski definition) is 5. The first-order valence-corrected chi connectivity index (χ1v) is 8.43. The number of amides is 1. The van der Waals surface area contributed by atoms with Gasteiger partial charge in [0, 0.05) is 23.3 Å². The van der Waals surface area contributed by atoms with Gasteiger partial charge < -0.3 is 25.2 Å². The smallest absolute Gasteiger partial charge is 0.407 e. The van der Waals surface area contributed by atoms with Crippen LogP contribution in [-0.4, -0.2) is 35.5 Å². The molecule has 0 saturated heterocycles. The molecule has 1 aliphatic rings. The number of aliphatic hydroxyl groups excluding tert-OH is 1. The Labute approximate surface area is 143 Å². The Balaban J connectivity index is 1.80. The van der Waals surface area contributed by atoms with Crippen LogP contribution in [0.3, 0.4) is 0 Å². The molecular weight excluding hydrogens is 308 g/mol. The highest BCUT2D eigenvalue weighted by Crippen LogP contribution is 2.28. The molecule has 1 fully saturated rings. The van der Waals surface area contributed by atoms with Crippen molar-refractivity contribution in [2.24, 2.45) is 0 Å². The Hall–Kier alpha value is -1.95. The number of benzene rings is 1. The van der Waals surface area contributed by atoms with Gasteiger partial charge in [-0.3, -0.25) is 0 Å². The molecule has 1 saturated carbocycles. The molecule has 1 aliphatic carbocycles. The lowest BCUT2D eigenvalue weighted by atomic mass is 9.86. The molecule has 24 heavy (non-hydrogen) atoms. The maximum Gasteiger partial charge on any atom is 0.407 e. The van der Waals surface area contributed by atoms with Gasteiger partial charge in [0.15, 0.2) is 0 Å². The van der Waals surface area contributed by atoms with Crippen molar-refractivity contribution in [2.75, 3.05) is 11.9 Å². The van der Waals surface area contributed by atoms with Crippen molar-refractivity contribution in [3.8, 4) is 5.75 Å². The van der Waals surface area contributed by atoms with Crippen LogP contribution in [0.5, 0.6) is 5.75 Å². The lowest BCUT2D eigenvalue weighted by Gasteiger charge is -2.37. The fraction of sp³-hybridized carbons (Fsp3) is 0.611. The number of carbonyl (C=O) groups is 1. The number of nitrogens with one attached hydrogen (secondary N) is 2. The van der Waals surface area contributed by atoms with Gasteiger partial charge in [0.1, 0.15) is 11.4 Å². The molecule has 0 radical (unpaired) electrons. The van der Waals surface area contributed by atoms with Gasteiger partial charge >= 0.3 is 6.09 Å². The highest BCUT2D eigenvalue weighted by atomic mass is 16.6. The number of rotatable bonds is 6. The van der Waals surface area contributed by atoms with E-state index in [-0.39, 0.29) is 18.7 Å². The molecule has 6 nitrogen and oxygen atoms in total. The van der Waals surface area contributed by atoms with Crippen molar-refractivity contribution in [3.63, 3.8) is 0 Å². The molecular formula is C18H28N2O4. The summed E-state index contributed by atoms with van der Waals surface area (Å²) in [6, 6.07) is 6.15. The van der Waals surface area contributed by atoms with E-state index in [1.807, 2.05) is 45.9 Å². The molecule has 0 unspecified atom stereocenters. The standard InChI is InChI=1S/C18H28N2O4/c1-5-23-16-7-6-13(8-12(16)11-21)19-14-9-15(10-14)20-17(22)24-18(2,3)4/h6-8,14-15,19,21H,5,9-11H2,1-4H3,(H,20,22). The summed E-state index contributed by atoms with van der Waals surface area (Å²) < 4.78 is 10.7. The van der Waals surface area contributed by atoms with E-state index in [9.17, 15) is 9.90 Å². The predicted octanol–water partition coefficient (Wildman–Crippen LogP) is 3.05. The van der Waals surface area contributed by atoms with Crippen LogP contribution in [-0.2, 0) is 11.3 Å². The molecule has 134 valence electrons. The van der Waals surface area contributed by atoms with E-state index < -0.39 is 5.60 Å². The Bertz CT molecular complexity index is 563. The minimum Gasteiger partial charge on any atom is -0.494 e. The highest BCUT2D eigenvalue weighted by Gasteiger charge is 2.31. The third-order valence-electron chi connectivity index (χ3n) is 3.76. The summed E-state index contributed by atoms with van der Waals surface area (Å²) in [5.41, 5.74) is 1.24. The summed E-state index contributed by atoms with van der Waals surface area (Å²) in [4.78, 5) is 11.7. The summed E-state index contributed by atoms with van der Waals surface area (Å²) in [7, 11) is 0. The quantitative estimate of drug-likeness (QED) is 0.744. The summed E-state index contributed by atoms with van der Waals surface area (Å²) in [5.74, 6) is 0.712. The second-order valence-corrected chi connectivity index (χ2v) is 7.07. The van der Waals surface area contributed by atoms with E-state index in [0.717, 1.165) is 24.1 Å². The lowest BCUT2D eigenvalue weighted by Crippen LogP contribution is -2.50. The average Bonchev–Trinajstić information content (AvgIpc) is 2.44. The van der Waals surface area contributed by atoms with Crippen molar-refractivity contribution in [1.82, 2.24) is 5.32 Å². The molecule has 0 bridgehead atoms. The van der Waals surface area contributed by atoms with Crippen molar-refractivity contribution in [1.29, 1.82) is 0 Å². The van der Waals surface area contributed by atoms with Crippen LogP contribution in [0.25, 0.3) is 0 Å². The first-order valence-electron chi connectivity index (χ1n) is 8.43. The van der Waals surface area contributed by atoms with Crippen LogP contribution in [0.15, 0.2) is 18.2 Å². The van der Waals surface area contributed by atoms with Crippen LogP contribution in [0.1, 0.15) is 46.1 Å². The topological polar surface area (TPSA) is 79.8 Å². The Kier molecular flexibility index (Phi) is 5.94. The first-order chi connectivity index (χ1) is 11.3. The first kappa shape index (κ1) is 18.4. The van der Waals surface area contributed by atoms with Gasteiger partial charge in [0.2, 0.25) is 0 Å². The van der Waals surface area contributed by atoms with Gasteiger partial charge in [-0.05, 0) is 58.7 Å². The molecule has 2 rings (SSSR count). The second-order valence-electron chi connectivity index (χ2n) is 7.07. The summed E-state index contributed by atoms with van der Waals surface area (Å²) in [6.45, 7) is 7.98. The van der Waals surface area contributed by atoms with E-state index >= 15 is 0 Å². The van der Waals surface area contributed by atoms with Crippen LogP contribution in [0.2, 0.25) is 0 Å². The van der Waals surface area contributed by atoms with Crippen LogP contribution in [0.4, 0.5) is 10.5 Å². The van der Waals surface area contributed by atoms with Crippen molar-refractivity contribution >= 4 is 11.8 Å². The monoisotopic (exact) mass is 336 g/mol. The molecule has 1 amide bonds. The Morgan fingerprint density at radius 1 is 1.29 bits per heavy atom. The maximum atomic E-state index is 11.7. The zero-order chi connectivity index (χ0) is 17.7. The fourth-order valence-corrected chi connectivity index (χ4v) is 2.65. The number of carbonyl (C=O) groups excluding carboxylic acids is 1. The predicted molar refractivity (Wildman–Crippen MR) is 93.3 cm³/mol. The number of anilines is 1. The average molecular weight is 336 g/mol. The third kappa shape index (κ3) is 5.30. The van der Waals surface area contributed by atoms with Crippen LogP contribution < -0.4 is 15.4 Å². The molecule has 1 aromatic carbocycles. The van der Waals surface area contributed by atoms with E-state index in [4.69, 9.17) is 9.47 Å². The zero-order valence-corrected chi connectivity index (χ0v) is 14.9. The van der Waals surface area contributed by atoms with E-state index in [1.54, 1.807) is 0 Å². The molecule has 0 aromatic heterocycles. The van der Waals surface area contributed by atoms with Gasteiger partial charge in [0.05, 0.1) is 13.2 Å². The lowest BCUT2D eigenvalue weighted by molar-refractivity contribution is 0.0475. The van der Waals surface area contributed by atoms with Crippen LogP contribution >= 0.6 is 0 Å². The number of ether oxygens (including phenoxy) is 2. The molecule has 0 spiro atoms. The summed E-state index contributed by atoms with van der Waals surface area (Å²) in [5, 5.41) is 15.7. The Morgan fingerprint density at radius 3 is 2.58 bits per heavy atom. The molecule has 1 aromatic rings. The van der Waals surface area contributed by atoms with Crippen LogP contribution in [0, 0.1) is 0 Å². The van der Waals surface area contributed by atoms with E-state index in [0.29, 0.717) is 18.4 Å². The van der Waals surface area contributed by atoms with Crippen molar-refractivity contribution in [2.45, 2.75) is 64.8 Å². The van der Waals surface area contributed by atoms with E-state index in [1.165, 1.54) is 0 Å². The minimum absolute atomic E-state index is 0.0572. The third-order valence-corrected chi connectivity index (χ3v) is 3.76. The summed E-state index contributed by atoms with van der Waals surface area (Å²) in [6.07, 6.45) is 1.33. The molecule has 0 atom stereocenters. The zero-order valence-electron chi connectivity index (χ0n) is 14.9. The van der Waals surface area contributed by atoms with Gasteiger partial charge in [-0.1, -0.05) is 0 Å². The number of alkyl carbamates (subject to hydrolysis) is 1. The Morgan fingerprint density at radius 2 is 2.00 bits per heavy atom. The van der Waals surface area contributed by atoms with Crippen molar-refractivity contribution in [3.05, 3.63) is 23.8 Å². The number of aliphatic hydroxyl groups is 1. The van der Waals surface area contributed by atoms with Gasteiger partial charge in [-0.2, -0.15) is 0 Å². The van der Waals surface area contributed by atoms with Gasteiger partial charge in [-0.25, -0.2) is 4.79 Å². The fourth-order valence-electron chi connectivity index (χ4n) is 2.65. The van der Waals surface area contributed by atoms with Gasteiger partial charge in [-0.15, -0.1) is 0 Å². The normalized spacial score (nSPS) is 20.0. The molecule has 3 N–H and O–H groups in total. The molecule has 0 heterocycles. The minimum atomic E-state index is -0.478. The number of hydrogen-bond donors (Lipinski definition) is 3. The second kappa shape index (κ2) is 7.75. The van der Waals surface area contributed by atoms with Crippen molar-refractivity contribution < 1.29 is 19.4 Å². The molecule has 0 aliphatic heterocycles. The van der Waals surface area contributed by atoms with Gasteiger partial charge in [0.25, 0.3) is 0 Å². The summed E-state index contributed by atoms with van der Waals surface area (Å²) >= 11 is 0. The maximum absolute atomic E-state index is 11.7. The highest BCUT2D eigenvalue weighted by molar-refractivity contribution is 5.68. The largest absolute Gasteiger partial charge is 0.494 e. The SMILES string of the molecule is CCOc1ccc(NC2CC(NC(=O)OC(C)(C)C)C2)cc1CO. The molecule has 6 heteroatoms.